The van der Waals surface area contributed by atoms with Gasteiger partial charge in [-0.2, -0.15) is 0 Å². The summed E-state index contributed by atoms with van der Waals surface area (Å²) in [6.07, 6.45) is -0.138. The van der Waals surface area contributed by atoms with E-state index in [1.165, 1.54) is 5.38 Å². The maximum Gasteiger partial charge on any atom is 0.339 e. The lowest BCUT2D eigenvalue weighted by Gasteiger charge is -2.06. The molecule has 6 nitrogen and oxygen atoms in total. The van der Waals surface area contributed by atoms with Crippen LogP contribution in [0, 0.1) is 11.6 Å². The van der Waals surface area contributed by atoms with Crippen molar-refractivity contribution in [2.45, 2.75) is 6.42 Å². The highest BCUT2D eigenvalue weighted by Gasteiger charge is 2.23. The number of carboxylic acids is 1. The van der Waals surface area contributed by atoms with E-state index in [0.29, 0.717) is 11.1 Å². The lowest BCUT2D eigenvalue weighted by Crippen LogP contribution is -2.14. The molecule has 0 saturated carbocycles. The zero-order chi connectivity index (χ0) is 20.5. The molecule has 29 heavy (non-hydrogen) atoms. The van der Waals surface area contributed by atoms with E-state index in [0.717, 1.165) is 29.5 Å². The minimum Gasteiger partial charge on any atom is -0.478 e. The van der Waals surface area contributed by atoms with Gasteiger partial charge in [0.1, 0.15) is 22.2 Å². The first-order chi connectivity index (χ1) is 13.9. The molecule has 4 rings (SSSR count). The van der Waals surface area contributed by atoms with Crippen LogP contribution in [0.1, 0.15) is 32.2 Å². The summed E-state index contributed by atoms with van der Waals surface area (Å²) in [6, 6.07) is 9.77. The molecule has 0 aliphatic rings. The summed E-state index contributed by atoms with van der Waals surface area (Å²) in [6.45, 7) is 0. The first-order valence-corrected chi connectivity index (χ1v) is 9.25. The molecule has 0 unspecified atom stereocenters. The quantitative estimate of drug-likeness (QED) is 0.493. The summed E-state index contributed by atoms with van der Waals surface area (Å²) >= 11 is 0.965. The molecule has 0 fully saturated rings. The molecule has 1 amide bonds. The number of aromatic carboxylic acids is 1. The minimum atomic E-state index is -1.30. The second kappa shape index (κ2) is 7.44. The fourth-order valence-corrected chi connectivity index (χ4v) is 3.81. The number of aromatic nitrogens is 1. The Morgan fingerprint density at radius 1 is 1.14 bits per heavy atom. The van der Waals surface area contributed by atoms with Crippen LogP contribution in [0.25, 0.3) is 11.1 Å². The molecule has 4 aromatic rings. The average Bonchev–Trinajstić information content (AvgIpc) is 3.29. The van der Waals surface area contributed by atoms with Crippen molar-refractivity contribution in [1.29, 1.82) is 0 Å². The first-order valence-electron chi connectivity index (χ1n) is 8.37. The summed E-state index contributed by atoms with van der Waals surface area (Å²) in [5, 5.41) is 13.6. The summed E-state index contributed by atoms with van der Waals surface area (Å²) in [5.74, 6) is -3.50. The van der Waals surface area contributed by atoms with Gasteiger partial charge in [0.05, 0.1) is 5.56 Å². The van der Waals surface area contributed by atoms with Gasteiger partial charge in [-0.05, 0) is 46.8 Å². The molecule has 9 heteroatoms. The first kappa shape index (κ1) is 18.8. The second-order valence-electron chi connectivity index (χ2n) is 6.12. The van der Waals surface area contributed by atoms with Gasteiger partial charge in [-0.1, -0.05) is 12.1 Å². The third kappa shape index (κ3) is 3.72. The van der Waals surface area contributed by atoms with E-state index in [1.807, 2.05) is 0 Å². The van der Waals surface area contributed by atoms with Gasteiger partial charge >= 0.3 is 11.9 Å². The average molecular weight is 414 g/mol. The van der Waals surface area contributed by atoms with Crippen molar-refractivity contribution in [1.82, 2.24) is 4.98 Å². The maximum atomic E-state index is 13.9. The zero-order valence-corrected chi connectivity index (χ0v) is 15.4. The number of amides is 1. The number of halogens is 2. The van der Waals surface area contributed by atoms with Crippen LogP contribution in [0.2, 0.25) is 0 Å². The van der Waals surface area contributed by atoms with Crippen LogP contribution in [0.4, 0.5) is 13.8 Å². The third-order valence-corrected chi connectivity index (χ3v) is 5.13. The third-order valence-electron chi connectivity index (χ3n) is 4.18. The van der Waals surface area contributed by atoms with Crippen LogP contribution in [0.3, 0.4) is 0 Å². The number of benzene rings is 2. The van der Waals surface area contributed by atoms with Crippen LogP contribution >= 0.6 is 11.3 Å². The van der Waals surface area contributed by atoms with Crippen molar-refractivity contribution < 1.29 is 27.9 Å². The van der Waals surface area contributed by atoms with E-state index in [4.69, 9.17) is 4.42 Å². The van der Waals surface area contributed by atoms with Crippen LogP contribution in [0.15, 0.2) is 52.3 Å². The number of hydrogen-bond donors (Lipinski definition) is 2. The number of carbonyl (C=O) groups excluding carboxylic acids is 1. The van der Waals surface area contributed by atoms with Gasteiger partial charge in [-0.3, -0.25) is 4.79 Å². The van der Waals surface area contributed by atoms with Crippen molar-refractivity contribution in [3.8, 4) is 0 Å². The molecule has 0 spiro atoms. The summed E-state index contributed by atoms with van der Waals surface area (Å²) < 4.78 is 32.7. The summed E-state index contributed by atoms with van der Waals surface area (Å²) in [7, 11) is 0. The van der Waals surface area contributed by atoms with Gasteiger partial charge in [0.2, 0.25) is 0 Å². The number of para-hydroxylation sites is 2. The van der Waals surface area contributed by atoms with Gasteiger partial charge in [0, 0.05) is 6.42 Å². The molecule has 0 saturated heterocycles. The van der Waals surface area contributed by atoms with Crippen molar-refractivity contribution in [3.05, 3.63) is 82.1 Å². The van der Waals surface area contributed by atoms with Gasteiger partial charge in [0.15, 0.2) is 5.58 Å². The van der Waals surface area contributed by atoms with E-state index in [2.05, 4.69) is 10.3 Å². The summed E-state index contributed by atoms with van der Waals surface area (Å²) in [4.78, 5) is 28.3. The largest absolute Gasteiger partial charge is 0.478 e. The Kier molecular flexibility index (Phi) is 4.81. The Morgan fingerprint density at radius 2 is 1.93 bits per heavy atom. The van der Waals surface area contributed by atoms with E-state index < -0.39 is 23.5 Å². The Hall–Kier alpha value is -3.59. The number of oxazole rings is 1. The Labute approximate surface area is 166 Å². The number of nitrogens with zero attached hydrogens (tertiary/aromatic N) is 1. The number of fused-ring (bicyclic) bond motifs is 1. The number of thiophene rings is 1. The number of nitrogens with one attached hydrogen (secondary N) is 1. The molecule has 0 aliphatic carbocycles. The molecular formula is C20H12F2N2O4S. The molecule has 0 radical (unpaired) electrons. The number of carbonyl (C=O) groups is 2. The predicted octanol–water partition coefficient (Wildman–Crippen LogP) is 4.71. The van der Waals surface area contributed by atoms with Crippen LogP contribution in [-0.2, 0) is 6.42 Å². The van der Waals surface area contributed by atoms with Crippen LogP contribution < -0.4 is 5.32 Å². The Balaban J connectivity index is 1.63. The standard InChI is InChI=1S/C20H12F2N2O4S/c21-12-5-6-13(22)10(8-12)7-11-9-29-19(16(11)20(26)27)24-17(25)18-23-14-3-1-2-4-15(14)28-18/h1-6,8-9H,7H2,(H,24,25)(H,26,27). The smallest absolute Gasteiger partial charge is 0.339 e. The SMILES string of the molecule is O=C(Nc1scc(Cc2cc(F)ccc2F)c1C(=O)O)c1nc2ccccc2o1. The van der Waals surface area contributed by atoms with E-state index in [9.17, 15) is 23.5 Å². The molecule has 146 valence electrons. The lowest BCUT2D eigenvalue weighted by atomic mass is 10.0. The Morgan fingerprint density at radius 3 is 2.69 bits per heavy atom. The van der Waals surface area contributed by atoms with E-state index in [-0.39, 0.29) is 34.0 Å². The molecule has 0 aliphatic heterocycles. The van der Waals surface area contributed by atoms with E-state index >= 15 is 0 Å². The molecule has 2 heterocycles. The highest BCUT2D eigenvalue weighted by Crippen LogP contribution is 2.31. The Bertz CT molecular complexity index is 1220. The highest BCUT2D eigenvalue weighted by molar-refractivity contribution is 7.15. The van der Waals surface area contributed by atoms with Crippen molar-refractivity contribution in [2.24, 2.45) is 0 Å². The normalized spacial score (nSPS) is 11.0. The number of anilines is 1. The van der Waals surface area contributed by atoms with E-state index in [1.54, 1.807) is 24.3 Å². The molecule has 2 aromatic heterocycles. The second-order valence-corrected chi connectivity index (χ2v) is 7.00. The molecular weight excluding hydrogens is 402 g/mol. The number of carboxylic acid groups (broad SMARTS) is 1. The molecule has 0 bridgehead atoms. The predicted molar refractivity (Wildman–Crippen MR) is 102 cm³/mol. The molecule has 2 aromatic carbocycles. The lowest BCUT2D eigenvalue weighted by molar-refractivity contribution is 0.0697. The van der Waals surface area contributed by atoms with Gasteiger partial charge in [-0.15, -0.1) is 11.3 Å². The van der Waals surface area contributed by atoms with Gasteiger partial charge in [0.25, 0.3) is 5.89 Å². The van der Waals surface area contributed by atoms with Crippen LogP contribution in [0.5, 0.6) is 0 Å². The fraction of sp³-hybridized carbons (Fsp3) is 0.0500. The zero-order valence-electron chi connectivity index (χ0n) is 14.6. The van der Waals surface area contributed by atoms with Crippen molar-refractivity contribution >= 4 is 39.3 Å². The maximum absolute atomic E-state index is 13.9. The van der Waals surface area contributed by atoms with Gasteiger partial charge in [-0.25, -0.2) is 18.6 Å². The minimum absolute atomic E-state index is 0.0159. The highest BCUT2D eigenvalue weighted by atomic mass is 32.1. The van der Waals surface area contributed by atoms with Crippen molar-refractivity contribution in [2.75, 3.05) is 5.32 Å². The summed E-state index contributed by atoms with van der Waals surface area (Å²) in [5.41, 5.74) is 0.985. The topological polar surface area (TPSA) is 92.4 Å². The van der Waals surface area contributed by atoms with Gasteiger partial charge < -0.3 is 14.8 Å². The number of rotatable bonds is 5. The molecule has 2 N–H and O–H groups in total. The monoisotopic (exact) mass is 414 g/mol. The molecule has 0 atom stereocenters. The fourth-order valence-electron chi connectivity index (χ4n) is 2.86. The number of hydrogen-bond acceptors (Lipinski definition) is 5. The van der Waals surface area contributed by atoms with Crippen LogP contribution in [-0.4, -0.2) is 22.0 Å². The van der Waals surface area contributed by atoms with Crippen molar-refractivity contribution in [3.63, 3.8) is 0 Å².